The second-order valence-corrected chi connectivity index (χ2v) is 8.48. The summed E-state index contributed by atoms with van der Waals surface area (Å²) in [7, 11) is -3.74. The maximum absolute atomic E-state index is 12.9. The van der Waals surface area contributed by atoms with Crippen molar-refractivity contribution in [3.8, 4) is 5.75 Å². The molecule has 0 radical (unpaired) electrons. The Labute approximate surface area is 172 Å². The maximum atomic E-state index is 12.9. The van der Waals surface area contributed by atoms with Gasteiger partial charge >= 0.3 is 5.97 Å². The van der Waals surface area contributed by atoms with E-state index in [0.29, 0.717) is 10.7 Å². The molecule has 28 heavy (non-hydrogen) atoms. The molecule has 0 aromatic heterocycles. The van der Waals surface area contributed by atoms with Crippen LogP contribution in [-0.4, -0.2) is 20.9 Å². The third kappa shape index (κ3) is 4.65. The van der Waals surface area contributed by atoms with Crippen LogP contribution in [0.2, 0.25) is 10.0 Å². The van der Waals surface area contributed by atoms with E-state index in [9.17, 15) is 13.2 Å². The number of sulfone groups is 1. The Balaban J connectivity index is 1.76. The summed E-state index contributed by atoms with van der Waals surface area (Å²) in [6.07, 6.45) is 0. The van der Waals surface area contributed by atoms with Crippen molar-refractivity contribution in [2.24, 2.45) is 0 Å². The molecule has 0 aliphatic heterocycles. The standard InChI is InChI=1S/C20H15Cl2NO4S/c21-14-10-11-18(16(22)12-14)27-20(24)13-23-17-8-4-5-9-19(17)28(25,26)15-6-2-1-3-7-15/h1-12,23H,13H2. The number of halogens is 2. The number of esters is 1. The number of rotatable bonds is 6. The number of ether oxygens (including phenoxy) is 1. The molecule has 8 heteroatoms. The lowest BCUT2D eigenvalue weighted by molar-refractivity contribution is -0.132. The molecule has 3 rings (SSSR count). The van der Waals surface area contributed by atoms with Gasteiger partial charge in [0.15, 0.2) is 0 Å². The van der Waals surface area contributed by atoms with Crippen molar-refractivity contribution in [3.63, 3.8) is 0 Å². The van der Waals surface area contributed by atoms with Gasteiger partial charge in [0.2, 0.25) is 9.84 Å². The van der Waals surface area contributed by atoms with Crippen LogP contribution in [0, 0.1) is 0 Å². The first kappa shape index (κ1) is 20.2. The number of anilines is 1. The van der Waals surface area contributed by atoms with E-state index in [2.05, 4.69) is 5.32 Å². The Kier molecular flexibility index (Phi) is 6.24. The Bertz CT molecular complexity index is 1100. The van der Waals surface area contributed by atoms with Crippen molar-refractivity contribution >= 4 is 44.7 Å². The average molecular weight is 436 g/mol. The SMILES string of the molecule is O=C(CNc1ccccc1S(=O)(=O)c1ccccc1)Oc1ccc(Cl)cc1Cl. The number of benzene rings is 3. The second kappa shape index (κ2) is 8.65. The van der Waals surface area contributed by atoms with Crippen LogP contribution < -0.4 is 10.1 Å². The lowest BCUT2D eigenvalue weighted by Gasteiger charge is -2.13. The fourth-order valence-electron chi connectivity index (χ4n) is 2.46. The predicted molar refractivity (Wildman–Crippen MR) is 109 cm³/mol. The van der Waals surface area contributed by atoms with Crippen molar-refractivity contribution in [1.82, 2.24) is 0 Å². The van der Waals surface area contributed by atoms with Crippen molar-refractivity contribution in [3.05, 3.63) is 82.8 Å². The largest absolute Gasteiger partial charge is 0.424 e. The van der Waals surface area contributed by atoms with E-state index in [-0.39, 0.29) is 27.1 Å². The molecule has 0 heterocycles. The second-order valence-electron chi connectivity index (χ2n) is 5.72. The van der Waals surface area contributed by atoms with Crippen molar-refractivity contribution in [1.29, 1.82) is 0 Å². The highest BCUT2D eigenvalue weighted by Gasteiger charge is 2.21. The van der Waals surface area contributed by atoms with E-state index in [1.165, 1.54) is 30.3 Å². The molecule has 0 atom stereocenters. The van der Waals surface area contributed by atoms with Gasteiger partial charge in [0, 0.05) is 5.02 Å². The molecule has 0 bridgehead atoms. The Morgan fingerprint density at radius 3 is 2.32 bits per heavy atom. The van der Waals surface area contributed by atoms with E-state index >= 15 is 0 Å². The summed E-state index contributed by atoms with van der Waals surface area (Å²) in [6, 6.07) is 18.9. The minimum atomic E-state index is -3.74. The summed E-state index contributed by atoms with van der Waals surface area (Å²) >= 11 is 11.8. The molecule has 0 fully saturated rings. The first-order valence-corrected chi connectivity index (χ1v) is 10.4. The van der Waals surface area contributed by atoms with E-state index in [1.54, 1.807) is 42.5 Å². The summed E-state index contributed by atoms with van der Waals surface area (Å²) in [5, 5.41) is 3.44. The fourth-order valence-corrected chi connectivity index (χ4v) is 4.36. The van der Waals surface area contributed by atoms with Gasteiger partial charge in [0.1, 0.15) is 12.3 Å². The van der Waals surface area contributed by atoms with Crippen LogP contribution in [-0.2, 0) is 14.6 Å². The van der Waals surface area contributed by atoms with Crippen LogP contribution in [0.25, 0.3) is 0 Å². The number of carbonyl (C=O) groups is 1. The highest BCUT2D eigenvalue weighted by Crippen LogP contribution is 2.29. The van der Waals surface area contributed by atoms with Crippen LogP contribution in [0.1, 0.15) is 0 Å². The van der Waals surface area contributed by atoms with E-state index in [0.717, 1.165) is 0 Å². The third-order valence-corrected chi connectivity index (χ3v) is 6.13. The molecule has 5 nitrogen and oxygen atoms in total. The first-order valence-electron chi connectivity index (χ1n) is 8.17. The summed E-state index contributed by atoms with van der Waals surface area (Å²) in [6.45, 7) is -0.250. The van der Waals surface area contributed by atoms with Gasteiger partial charge in [-0.2, -0.15) is 0 Å². The molecule has 0 spiro atoms. The van der Waals surface area contributed by atoms with Gasteiger partial charge < -0.3 is 10.1 Å². The molecular formula is C20H15Cl2NO4S. The molecule has 1 N–H and O–H groups in total. The van der Waals surface area contributed by atoms with Gasteiger partial charge in [0.05, 0.1) is 20.5 Å². The summed E-state index contributed by atoms with van der Waals surface area (Å²) in [5.74, 6) is -0.459. The molecule has 0 unspecified atom stereocenters. The normalized spacial score (nSPS) is 11.1. The average Bonchev–Trinajstić information content (AvgIpc) is 2.69. The molecule has 144 valence electrons. The van der Waals surface area contributed by atoms with Crippen LogP contribution in [0.15, 0.2) is 82.6 Å². The molecular weight excluding hydrogens is 421 g/mol. The topological polar surface area (TPSA) is 72.5 Å². The quantitative estimate of drug-likeness (QED) is 0.442. The Morgan fingerprint density at radius 1 is 0.929 bits per heavy atom. The molecule has 0 aliphatic carbocycles. The van der Waals surface area contributed by atoms with Crippen LogP contribution >= 0.6 is 23.2 Å². The zero-order valence-electron chi connectivity index (χ0n) is 14.4. The Hall–Kier alpha value is -2.54. The van der Waals surface area contributed by atoms with Gasteiger partial charge in [0.25, 0.3) is 0 Å². The van der Waals surface area contributed by atoms with E-state index < -0.39 is 15.8 Å². The first-order chi connectivity index (χ1) is 13.4. The number of hydrogen-bond donors (Lipinski definition) is 1. The molecule has 3 aromatic rings. The third-order valence-electron chi connectivity index (χ3n) is 3.77. The highest BCUT2D eigenvalue weighted by molar-refractivity contribution is 7.91. The molecule has 0 amide bonds. The van der Waals surface area contributed by atoms with Crippen LogP contribution in [0.4, 0.5) is 5.69 Å². The smallest absolute Gasteiger partial charge is 0.330 e. The van der Waals surface area contributed by atoms with Gasteiger partial charge in [-0.15, -0.1) is 0 Å². The van der Waals surface area contributed by atoms with E-state index in [1.807, 2.05) is 0 Å². The van der Waals surface area contributed by atoms with Crippen molar-refractivity contribution in [2.75, 3.05) is 11.9 Å². The molecule has 0 aliphatic rings. The van der Waals surface area contributed by atoms with Crippen LogP contribution in [0.3, 0.4) is 0 Å². The zero-order chi connectivity index (χ0) is 20.1. The number of nitrogens with one attached hydrogen (secondary N) is 1. The van der Waals surface area contributed by atoms with Crippen molar-refractivity contribution in [2.45, 2.75) is 9.79 Å². The number of hydrogen-bond acceptors (Lipinski definition) is 5. The van der Waals surface area contributed by atoms with Gasteiger partial charge in [-0.1, -0.05) is 53.5 Å². The number of para-hydroxylation sites is 1. The predicted octanol–water partition coefficient (Wildman–Crippen LogP) is 4.84. The lowest BCUT2D eigenvalue weighted by Crippen LogP contribution is -2.20. The monoisotopic (exact) mass is 435 g/mol. The Morgan fingerprint density at radius 2 is 1.61 bits per heavy atom. The summed E-state index contributed by atoms with van der Waals surface area (Å²) in [4.78, 5) is 12.4. The summed E-state index contributed by atoms with van der Waals surface area (Å²) in [5.41, 5.74) is 0.297. The summed E-state index contributed by atoms with van der Waals surface area (Å²) < 4.78 is 31.0. The minimum absolute atomic E-state index is 0.0681. The van der Waals surface area contributed by atoms with Gasteiger partial charge in [-0.3, -0.25) is 0 Å². The number of carbonyl (C=O) groups excluding carboxylic acids is 1. The zero-order valence-corrected chi connectivity index (χ0v) is 16.8. The highest BCUT2D eigenvalue weighted by atomic mass is 35.5. The van der Waals surface area contributed by atoms with Gasteiger partial charge in [-0.05, 0) is 42.5 Å². The maximum Gasteiger partial charge on any atom is 0.330 e. The fraction of sp³-hybridized carbons (Fsp3) is 0.0500. The lowest BCUT2D eigenvalue weighted by atomic mass is 10.3. The molecule has 0 saturated carbocycles. The van der Waals surface area contributed by atoms with Crippen molar-refractivity contribution < 1.29 is 17.9 Å². The van der Waals surface area contributed by atoms with Crippen LogP contribution in [0.5, 0.6) is 5.75 Å². The molecule has 0 saturated heterocycles. The van der Waals surface area contributed by atoms with E-state index in [4.69, 9.17) is 27.9 Å². The molecule has 3 aromatic carbocycles. The van der Waals surface area contributed by atoms with Gasteiger partial charge in [-0.25, -0.2) is 13.2 Å². The minimum Gasteiger partial charge on any atom is -0.424 e.